The molecule has 1 aromatic rings. The number of thiophene rings is 1. The summed E-state index contributed by atoms with van der Waals surface area (Å²) in [5.74, 6) is 1.65. The van der Waals surface area contributed by atoms with Gasteiger partial charge in [-0.3, -0.25) is 4.79 Å². The summed E-state index contributed by atoms with van der Waals surface area (Å²) < 4.78 is 0. The molecule has 0 spiro atoms. The summed E-state index contributed by atoms with van der Waals surface area (Å²) in [5, 5.41) is 12.9. The van der Waals surface area contributed by atoms with Crippen molar-refractivity contribution >= 4 is 22.2 Å². The lowest BCUT2D eigenvalue weighted by Gasteiger charge is -2.20. The highest BCUT2D eigenvalue weighted by molar-refractivity contribution is 7.16. The Kier molecular flexibility index (Phi) is 3.10. The van der Waals surface area contributed by atoms with Gasteiger partial charge >= 0.3 is 0 Å². The molecule has 1 aromatic heterocycles. The van der Waals surface area contributed by atoms with Crippen molar-refractivity contribution in [3.05, 3.63) is 16.0 Å². The number of nitriles is 1. The minimum atomic E-state index is 0.130. The van der Waals surface area contributed by atoms with E-state index in [2.05, 4.69) is 11.4 Å². The molecule has 3 nitrogen and oxygen atoms in total. The average Bonchev–Trinajstić information content (AvgIpc) is 3.06. The predicted molar refractivity (Wildman–Crippen MR) is 76.1 cm³/mol. The molecule has 2 aliphatic rings. The number of rotatable bonds is 2. The zero-order valence-electron chi connectivity index (χ0n) is 11.3. The predicted octanol–water partition coefficient (Wildman–Crippen LogP) is 3.61. The minimum Gasteiger partial charge on any atom is -0.316 e. The molecule has 0 radical (unpaired) electrons. The van der Waals surface area contributed by atoms with Crippen molar-refractivity contribution in [2.24, 2.45) is 17.8 Å². The Morgan fingerprint density at radius 1 is 1.37 bits per heavy atom. The number of carbonyl (C=O) groups excluding carboxylic acids is 1. The second kappa shape index (κ2) is 4.64. The SMILES string of the molecule is Cc1sc(NC(=O)[C@H]2C[C@H]3CC[C@H]2C3)c(C#N)c1C. The van der Waals surface area contributed by atoms with Gasteiger partial charge in [-0.2, -0.15) is 5.26 Å². The van der Waals surface area contributed by atoms with E-state index in [-0.39, 0.29) is 11.8 Å². The highest BCUT2D eigenvalue weighted by Crippen LogP contribution is 2.48. The van der Waals surface area contributed by atoms with Gasteiger partial charge in [0.15, 0.2) is 0 Å². The summed E-state index contributed by atoms with van der Waals surface area (Å²) in [5.41, 5.74) is 1.63. The van der Waals surface area contributed by atoms with Crippen LogP contribution in [0.2, 0.25) is 0 Å². The Balaban J connectivity index is 1.77. The van der Waals surface area contributed by atoms with Gasteiger partial charge in [-0.1, -0.05) is 6.42 Å². The van der Waals surface area contributed by atoms with Gasteiger partial charge < -0.3 is 5.32 Å². The van der Waals surface area contributed by atoms with Crippen LogP contribution in [0.5, 0.6) is 0 Å². The minimum absolute atomic E-state index is 0.130. The standard InChI is InChI=1S/C15H18N2OS/c1-8-9(2)19-15(13(8)7-16)17-14(18)12-6-10-3-4-11(12)5-10/h10-12H,3-6H2,1-2H3,(H,17,18)/t10-,11-,12-/m0/s1. The van der Waals surface area contributed by atoms with Crippen LogP contribution in [-0.4, -0.2) is 5.91 Å². The average molecular weight is 274 g/mol. The Labute approximate surface area is 117 Å². The summed E-state index contributed by atoms with van der Waals surface area (Å²) in [6.45, 7) is 3.94. The first-order chi connectivity index (χ1) is 9.10. The molecular weight excluding hydrogens is 256 g/mol. The summed E-state index contributed by atoms with van der Waals surface area (Å²) in [4.78, 5) is 13.5. The number of hydrogen-bond acceptors (Lipinski definition) is 3. The second-order valence-electron chi connectivity index (χ2n) is 5.87. The molecule has 100 valence electrons. The Morgan fingerprint density at radius 2 is 2.16 bits per heavy atom. The van der Waals surface area contributed by atoms with Crippen LogP contribution in [0.4, 0.5) is 5.00 Å². The van der Waals surface area contributed by atoms with Crippen LogP contribution in [0, 0.1) is 42.9 Å². The maximum atomic E-state index is 12.4. The number of anilines is 1. The van der Waals surface area contributed by atoms with Gasteiger partial charge in [-0.15, -0.1) is 11.3 Å². The van der Waals surface area contributed by atoms with Crippen LogP contribution in [0.1, 0.15) is 41.7 Å². The molecule has 0 saturated heterocycles. The van der Waals surface area contributed by atoms with Crippen LogP contribution >= 0.6 is 11.3 Å². The van der Waals surface area contributed by atoms with Crippen LogP contribution in [0.3, 0.4) is 0 Å². The van der Waals surface area contributed by atoms with Crippen molar-refractivity contribution in [1.82, 2.24) is 0 Å². The summed E-state index contributed by atoms with van der Waals surface area (Å²) in [7, 11) is 0. The Bertz CT molecular complexity index is 569. The summed E-state index contributed by atoms with van der Waals surface area (Å²) in [6.07, 6.45) is 4.78. The van der Waals surface area contributed by atoms with Gasteiger partial charge in [0.2, 0.25) is 5.91 Å². The number of aryl methyl sites for hydroxylation is 1. The maximum absolute atomic E-state index is 12.4. The van der Waals surface area contributed by atoms with Crippen molar-refractivity contribution in [3.8, 4) is 6.07 Å². The van der Waals surface area contributed by atoms with Crippen molar-refractivity contribution in [2.45, 2.75) is 39.5 Å². The number of amides is 1. The molecule has 2 fully saturated rings. The van der Waals surface area contributed by atoms with Gasteiger partial charge in [-0.25, -0.2) is 0 Å². The molecule has 2 saturated carbocycles. The van der Waals surface area contributed by atoms with E-state index in [0.29, 0.717) is 11.5 Å². The number of hydrogen-bond donors (Lipinski definition) is 1. The van der Waals surface area contributed by atoms with E-state index in [4.69, 9.17) is 0 Å². The molecule has 0 aliphatic heterocycles. The normalized spacial score (nSPS) is 28.4. The van der Waals surface area contributed by atoms with Gasteiger partial charge in [-0.05, 0) is 50.5 Å². The summed E-state index contributed by atoms with van der Waals surface area (Å²) in [6, 6.07) is 2.21. The third-order valence-corrected chi connectivity index (χ3v) is 5.93. The molecule has 1 N–H and O–H groups in total. The molecule has 2 aliphatic carbocycles. The molecule has 3 atom stereocenters. The number of carbonyl (C=O) groups is 1. The number of nitrogens with one attached hydrogen (secondary N) is 1. The lowest BCUT2D eigenvalue weighted by Crippen LogP contribution is -2.27. The molecule has 1 amide bonds. The molecule has 0 aromatic carbocycles. The second-order valence-corrected chi connectivity index (χ2v) is 7.09. The fraction of sp³-hybridized carbons (Fsp3) is 0.600. The smallest absolute Gasteiger partial charge is 0.228 e. The van der Waals surface area contributed by atoms with Gasteiger partial charge in [0.25, 0.3) is 0 Å². The van der Waals surface area contributed by atoms with Gasteiger partial charge in [0.1, 0.15) is 11.1 Å². The Morgan fingerprint density at radius 3 is 2.74 bits per heavy atom. The van der Waals surface area contributed by atoms with Crippen molar-refractivity contribution in [3.63, 3.8) is 0 Å². The first-order valence-corrected chi connectivity index (χ1v) is 7.72. The number of nitrogens with zero attached hydrogens (tertiary/aromatic N) is 1. The van der Waals surface area contributed by atoms with E-state index < -0.39 is 0 Å². The van der Waals surface area contributed by atoms with Crippen LogP contribution in [0.25, 0.3) is 0 Å². The zero-order valence-corrected chi connectivity index (χ0v) is 12.1. The fourth-order valence-corrected chi connectivity index (χ4v) is 4.63. The van der Waals surface area contributed by atoms with Gasteiger partial charge in [0, 0.05) is 10.8 Å². The molecule has 2 bridgehead atoms. The molecule has 0 unspecified atom stereocenters. The first-order valence-electron chi connectivity index (χ1n) is 6.91. The Hall–Kier alpha value is -1.34. The molecule has 4 heteroatoms. The highest BCUT2D eigenvalue weighted by atomic mass is 32.1. The van der Waals surface area contributed by atoms with Crippen LogP contribution in [-0.2, 0) is 4.79 Å². The molecule has 3 rings (SSSR count). The first kappa shape index (κ1) is 12.7. The van der Waals surface area contributed by atoms with E-state index in [0.717, 1.165) is 27.8 Å². The molecule has 1 heterocycles. The van der Waals surface area contributed by atoms with E-state index in [9.17, 15) is 10.1 Å². The zero-order chi connectivity index (χ0) is 13.6. The largest absolute Gasteiger partial charge is 0.316 e. The lowest BCUT2D eigenvalue weighted by atomic mass is 9.88. The topological polar surface area (TPSA) is 52.9 Å². The van der Waals surface area contributed by atoms with Crippen molar-refractivity contribution < 1.29 is 4.79 Å². The maximum Gasteiger partial charge on any atom is 0.228 e. The number of fused-ring (bicyclic) bond motifs is 2. The third kappa shape index (κ3) is 2.06. The van der Waals surface area contributed by atoms with E-state index >= 15 is 0 Å². The van der Waals surface area contributed by atoms with Gasteiger partial charge in [0.05, 0.1) is 5.56 Å². The van der Waals surface area contributed by atoms with Crippen LogP contribution in [0.15, 0.2) is 0 Å². The third-order valence-electron chi connectivity index (χ3n) is 4.81. The van der Waals surface area contributed by atoms with Crippen LogP contribution < -0.4 is 5.32 Å². The fourth-order valence-electron chi connectivity index (χ4n) is 3.62. The quantitative estimate of drug-likeness (QED) is 0.895. The highest BCUT2D eigenvalue weighted by Gasteiger charge is 2.43. The molecular formula is C15H18N2OS. The van der Waals surface area contributed by atoms with Crippen molar-refractivity contribution in [1.29, 1.82) is 5.26 Å². The van der Waals surface area contributed by atoms with E-state index in [1.807, 2.05) is 13.8 Å². The molecule has 19 heavy (non-hydrogen) atoms. The van der Waals surface area contributed by atoms with E-state index in [1.54, 1.807) is 0 Å². The lowest BCUT2D eigenvalue weighted by molar-refractivity contribution is -0.121. The van der Waals surface area contributed by atoms with Crippen molar-refractivity contribution in [2.75, 3.05) is 5.32 Å². The monoisotopic (exact) mass is 274 g/mol. The van der Waals surface area contributed by atoms with E-state index in [1.165, 1.54) is 30.6 Å². The summed E-state index contributed by atoms with van der Waals surface area (Å²) >= 11 is 1.52.